The third-order valence-electron chi connectivity index (χ3n) is 2.99. The van der Waals surface area contributed by atoms with Gasteiger partial charge in [0.05, 0.1) is 18.8 Å². The molecule has 0 aliphatic heterocycles. The highest BCUT2D eigenvalue weighted by Gasteiger charge is 2.19. The fraction of sp³-hybridized carbons (Fsp3) is 0.700. The quantitative estimate of drug-likeness (QED) is 0.753. The molecular weight excluding hydrogens is 164 g/mol. The maximum atomic E-state index is 9.02. The monoisotopic (exact) mass is 180 g/mol. The summed E-state index contributed by atoms with van der Waals surface area (Å²) in [6.45, 7) is 2.15. The summed E-state index contributed by atoms with van der Waals surface area (Å²) < 4.78 is 2.08. The third kappa shape index (κ3) is 1.48. The number of aliphatic hydroxyl groups excluding tert-OH is 1. The van der Waals surface area contributed by atoms with E-state index in [0.717, 1.165) is 11.3 Å². The summed E-state index contributed by atoms with van der Waals surface area (Å²) in [5.74, 6) is 0. The van der Waals surface area contributed by atoms with Crippen LogP contribution in [0.1, 0.15) is 43.0 Å². The fourth-order valence-corrected chi connectivity index (χ4v) is 2.13. The largest absolute Gasteiger partial charge is 0.392 e. The van der Waals surface area contributed by atoms with E-state index in [4.69, 9.17) is 5.11 Å². The van der Waals surface area contributed by atoms with Gasteiger partial charge in [-0.05, 0) is 19.8 Å². The van der Waals surface area contributed by atoms with Crippen molar-refractivity contribution >= 4 is 0 Å². The molecular formula is C10H16N2O. The summed E-state index contributed by atoms with van der Waals surface area (Å²) in [4.78, 5) is 0. The first-order valence-electron chi connectivity index (χ1n) is 4.96. The Morgan fingerprint density at radius 3 is 2.77 bits per heavy atom. The lowest BCUT2D eigenvalue weighted by Gasteiger charge is -2.12. The minimum Gasteiger partial charge on any atom is -0.392 e. The highest BCUT2D eigenvalue weighted by Crippen LogP contribution is 2.30. The van der Waals surface area contributed by atoms with Gasteiger partial charge in [0.1, 0.15) is 0 Å². The predicted octanol–water partition coefficient (Wildman–Crippen LogP) is 1.80. The first-order chi connectivity index (χ1) is 6.33. The zero-order chi connectivity index (χ0) is 9.26. The van der Waals surface area contributed by atoms with Crippen molar-refractivity contribution in [3.8, 4) is 0 Å². The van der Waals surface area contributed by atoms with Gasteiger partial charge in [-0.3, -0.25) is 4.68 Å². The topological polar surface area (TPSA) is 38.1 Å². The van der Waals surface area contributed by atoms with Crippen LogP contribution in [0, 0.1) is 6.92 Å². The molecule has 2 rings (SSSR count). The van der Waals surface area contributed by atoms with Crippen molar-refractivity contribution in [3.63, 3.8) is 0 Å². The first-order valence-corrected chi connectivity index (χ1v) is 4.96. The highest BCUT2D eigenvalue weighted by atomic mass is 16.3. The molecule has 1 N–H and O–H groups in total. The molecule has 1 aliphatic carbocycles. The van der Waals surface area contributed by atoms with Gasteiger partial charge < -0.3 is 5.11 Å². The molecule has 0 aromatic carbocycles. The van der Waals surface area contributed by atoms with Crippen molar-refractivity contribution in [2.45, 2.75) is 45.3 Å². The fourth-order valence-electron chi connectivity index (χ4n) is 2.13. The zero-order valence-electron chi connectivity index (χ0n) is 8.03. The number of rotatable bonds is 2. The Morgan fingerprint density at radius 1 is 1.54 bits per heavy atom. The van der Waals surface area contributed by atoms with Crippen molar-refractivity contribution in [1.29, 1.82) is 0 Å². The van der Waals surface area contributed by atoms with E-state index in [9.17, 15) is 0 Å². The zero-order valence-corrected chi connectivity index (χ0v) is 8.03. The van der Waals surface area contributed by atoms with Crippen LogP contribution in [0.25, 0.3) is 0 Å². The second-order valence-electron chi connectivity index (χ2n) is 3.80. The average Bonchev–Trinajstić information content (AvgIpc) is 2.72. The smallest absolute Gasteiger partial charge is 0.0715 e. The van der Waals surface area contributed by atoms with Crippen LogP contribution in [0.4, 0.5) is 0 Å². The van der Waals surface area contributed by atoms with E-state index in [2.05, 4.69) is 9.78 Å². The molecule has 1 fully saturated rings. The van der Waals surface area contributed by atoms with E-state index in [0.29, 0.717) is 6.04 Å². The van der Waals surface area contributed by atoms with Crippen LogP contribution in [0.15, 0.2) is 6.20 Å². The Hall–Kier alpha value is -0.830. The summed E-state index contributed by atoms with van der Waals surface area (Å²) in [7, 11) is 0. The van der Waals surface area contributed by atoms with Crippen molar-refractivity contribution in [1.82, 2.24) is 9.78 Å². The van der Waals surface area contributed by atoms with Crippen LogP contribution in [0.2, 0.25) is 0 Å². The summed E-state index contributed by atoms with van der Waals surface area (Å²) in [6.07, 6.45) is 6.91. The van der Waals surface area contributed by atoms with Crippen LogP contribution >= 0.6 is 0 Å². The molecule has 0 atom stereocenters. The number of aromatic nitrogens is 2. The third-order valence-corrected chi connectivity index (χ3v) is 2.99. The van der Waals surface area contributed by atoms with Crippen LogP contribution in [0.3, 0.4) is 0 Å². The Balaban J connectivity index is 2.24. The SMILES string of the molecule is Cc1c(CO)cnn1C1CCCC1. The van der Waals surface area contributed by atoms with Gasteiger partial charge in [-0.25, -0.2) is 0 Å². The lowest BCUT2D eigenvalue weighted by atomic mass is 10.2. The van der Waals surface area contributed by atoms with Gasteiger partial charge in [0.2, 0.25) is 0 Å². The van der Waals surface area contributed by atoms with Gasteiger partial charge in [-0.15, -0.1) is 0 Å². The van der Waals surface area contributed by atoms with Crippen LogP contribution < -0.4 is 0 Å². The Morgan fingerprint density at radius 2 is 2.23 bits per heavy atom. The number of nitrogens with zero attached hydrogens (tertiary/aromatic N) is 2. The molecule has 0 bridgehead atoms. The van der Waals surface area contributed by atoms with Gasteiger partial charge in [0.25, 0.3) is 0 Å². The Labute approximate surface area is 78.4 Å². The van der Waals surface area contributed by atoms with Crippen molar-refractivity contribution in [2.24, 2.45) is 0 Å². The normalized spacial score (nSPS) is 18.3. The lowest BCUT2D eigenvalue weighted by Crippen LogP contribution is -2.08. The molecule has 1 aromatic rings. The van der Waals surface area contributed by atoms with E-state index in [-0.39, 0.29) is 6.61 Å². The first kappa shape index (κ1) is 8.75. The maximum absolute atomic E-state index is 9.02. The molecule has 1 aliphatic rings. The number of hydrogen-bond acceptors (Lipinski definition) is 2. The van der Waals surface area contributed by atoms with E-state index in [1.165, 1.54) is 25.7 Å². The van der Waals surface area contributed by atoms with Gasteiger partial charge in [-0.1, -0.05) is 12.8 Å². The van der Waals surface area contributed by atoms with Crippen LogP contribution in [0.5, 0.6) is 0 Å². The predicted molar refractivity (Wildman–Crippen MR) is 50.4 cm³/mol. The molecule has 3 heteroatoms. The van der Waals surface area contributed by atoms with Gasteiger partial charge in [0, 0.05) is 11.3 Å². The van der Waals surface area contributed by atoms with E-state index in [1.54, 1.807) is 6.20 Å². The highest BCUT2D eigenvalue weighted by molar-refractivity contribution is 5.15. The maximum Gasteiger partial charge on any atom is 0.0715 e. The van der Waals surface area contributed by atoms with Crippen molar-refractivity contribution in [3.05, 3.63) is 17.5 Å². The minimum atomic E-state index is 0.110. The molecule has 1 heterocycles. The molecule has 0 amide bonds. The summed E-state index contributed by atoms with van der Waals surface area (Å²) >= 11 is 0. The molecule has 72 valence electrons. The minimum absolute atomic E-state index is 0.110. The molecule has 0 saturated heterocycles. The second-order valence-corrected chi connectivity index (χ2v) is 3.80. The molecule has 0 unspecified atom stereocenters. The van der Waals surface area contributed by atoms with E-state index in [1.807, 2.05) is 6.92 Å². The Kier molecular flexibility index (Phi) is 2.36. The van der Waals surface area contributed by atoms with Crippen molar-refractivity contribution < 1.29 is 5.11 Å². The molecule has 1 saturated carbocycles. The lowest BCUT2D eigenvalue weighted by molar-refractivity contribution is 0.280. The standard InChI is InChI=1S/C10H16N2O/c1-8-9(7-13)6-11-12(8)10-4-2-3-5-10/h6,10,13H,2-5,7H2,1H3. The molecule has 13 heavy (non-hydrogen) atoms. The molecule has 3 nitrogen and oxygen atoms in total. The summed E-state index contributed by atoms with van der Waals surface area (Å²) in [5, 5.41) is 13.3. The summed E-state index contributed by atoms with van der Waals surface area (Å²) in [5.41, 5.74) is 2.10. The van der Waals surface area contributed by atoms with Gasteiger partial charge >= 0.3 is 0 Å². The van der Waals surface area contributed by atoms with E-state index < -0.39 is 0 Å². The average molecular weight is 180 g/mol. The molecule has 0 spiro atoms. The van der Waals surface area contributed by atoms with Gasteiger partial charge in [0.15, 0.2) is 0 Å². The van der Waals surface area contributed by atoms with Crippen molar-refractivity contribution in [2.75, 3.05) is 0 Å². The Bertz CT molecular complexity index is 287. The van der Waals surface area contributed by atoms with Crippen LogP contribution in [-0.4, -0.2) is 14.9 Å². The number of aliphatic hydroxyl groups is 1. The number of hydrogen-bond donors (Lipinski definition) is 1. The van der Waals surface area contributed by atoms with E-state index >= 15 is 0 Å². The summed E-state index contributed by atoms with van der Waals surface area (Å²) in [6, 6.07) is 0.584. The second kappa shape index (κ2) is 3.50. The molecule has 0 radical (unpaired) electrons. The van der Waals surface area contributed by atoms with Crippen LogP contribution in [-0.2, 0) is 6.61 Å². The molecule has 1 aromatic heterocycles. The van der Waals surface area contributed by atoms with Gasteiger partial charge in [-0.2, -0.15) is 5.10 Å².